The Morgan fingerprint density at radius 3 is 2.50 bits per heavy atom. The van der Waals surface area contributed by atoms with E-state index in [-0.39, 0.29) is 0 Å². The molecule has 0 amide bonds. The Balaban J connectivity index is 3.10. The normalized spacial score (nSPS) is 10.0. The molecular formula is C10H14BrNO2. The Kier molecular flexibility index (Phi) is 4.22. The van der Waals surface area contributed by atoms with Crippen molar-refractivity contribution in [3.05, 3.63) is 22.2 Å². The van der Waals surface area contributed by atoms with Gasteiger partial charge in [-0.15, -0.1) is 0 Å². The third-order valence-electron chi connectivity index (χ3n) is 1.93. The first-order valence-corrected chi connectivity index (χ1v) is 5.12. The number of halogens is 1. The molecule has 0 radical (unpaired) electrons. The van der Waals surface area contributed by atoms with Crippen LogP contribution in [0, 0.1) is 0 Å². The van der Waals surface area contributed by atoms with Gasteiger partial charge in [-0.1, -0.05) is 0 Å². The summed E-state index contributed by atoms with van der Waals surface area (Å²) in [5.41, 5.74) is 6.62. The van der Waals surface area contributed by atoms with Gasteiger partial charge >= 0.3 is 0 Å². The zero-order valence-electron chi connectivity index (χ0n) is 8.34. The summed E-state index contributed by atoms with van der Waals surface area (Å²) < 4.78 is 11.3. The van der Waals surface area contributed by atoms with E-state index in [9.17, 15) is 0 Å². The minimum atomic E-state index is 0.627. The van der Waals surface area contributed by atoms with Gasteiger partial charge in [0.2, 0.25) is 0 Å². The van der Waals surface area contributed by atoms with Crippen LogP contribution in [0.1, 0.15) is 5.56 Å². The lowest BCUT2D eigenvalue weighted by molar-refractivity contribution is 0.352. The van der Waals surface area contributed by atoms with E-state index in [0.29, 0.717) is 12.3 Å². The summed E-state index contributed by atoms with van der Waals surface area (Å²) in [6.07, 6.45) is 0.832. The second kappa shape index (κ2) is 5.22. The van der Waals surface area contributed by atoms with Crippen LogP contribution in [0.2, 0.25) is 0 Å². The van der Waals surface area contributed by atoms with Crippen molar-refractivity contribution in [1.82, 2.24) is 0 Å². The van der Waals surface area contributed by atoms with Crippen LogP contribution in [0.4, 0.5) is 0 Å². The van der Waals surface area contributed by atoms with E-state index < -0.39 is 0 Å². The van der Waals surface area contributed by atoms with E-state index >= 15 is 0 Å². The summed E-state index contributed by atoms with van der Waals surface area (Å²) in [5.74, 6) is 1.44. The van der Waals surface area contributed by atoms with Gasteiger partial charge in [0.25, 0.3) is 0 Å². The van der Waals surface area contributed by atoms with E-state index in [1.165, 1.54) is 0 Å². The van der Waals surface area contributed by atoms with Crippen molar-refractivity contribution in [3.8, 4) is 11.5 Å². The summed E-state index contributed by atoms with van der Waals surface area (Å²) in [5, 5.41) is 0. The van der Waals surface area contributed by atoms with Gasteiger partial charge in [-0.05, 0) is 46.6 Å². The lowest BCUT2D eigenvalue weighted by Gasteiger charge is -2.11. The van der Waals surface area contributed by atoms with Gasteiger partial charge < -0.3 is 15.2 Å². The average molecular weight is 260 g/mol. The zero-order valence-corrected chi connectivity index (χ0v) is 9.93. The van der Waals surface area contributed by atoms with Crippen LogP contribution in [0.3, 0.4) is 0 Å². The Morgan fingerprint density at radius 2 is 2.00 bits per heavy atom. The van der Waals surface area contributed by atoms with E-state index in [4.69, 9.17) is 15.2 Å². The van der Waals surface area contributed by atoms with E-state index in [1.807, 2.05) is 12.1 Å². The molecule has 0 spiro atoms. The van der Waals surface area contributed by atoms with Gasteiger partial charge in [-0.3, -0.25) is 0 Å². The minimum Gasteiger partial charge on any atom is -0.493 e. The van der Waals surface area contributed by atoms with Crippen LogP contribution in [0.5, 0.6) is 11.5 Å². The molecule has 0 aliphatic carbocycles. The maximum atomic E-state index is 5.49. The van der Waals surface area contributed by atoms with Crippen molar-refractivity contribution in [1.29, 1.82) is 0 Å². The van der Waals surface area contributed by atoms with Gasteiger partial charge in [0, 0.05) is 0 Å². The smallest absolute Gasteiger partial charge is 0.174 e. The molecule has 0 aliphatic heterocycles. The van der Waals surface area contributed by atoms with Gasteiger partial charge in [0.15, 0.2) is 11.5 Å². The minimum absolute atomic E-state index is 0.627. The van der Waals surface area contributed by atoms with Gasteiger partial charge in [-0.25, -0.2) is 0 Å². The highest BCUT2D eigenvalue weighted by Crippen LogP contribution is 2.36. The molecule has 0 saturated carbocycles. The maximum Gasteiger partial charge on any atom is 0.174 e. The molecule has 0 saturated heterocycles. The first-order chi connectivity index (χ1) is 6.72. The van der Waals surface area contributed by atoms with E-state index in [0.717, 1.165) is 22.2 Å². The van der Waals surface area contributed by atoms with Crippen molar-refractivity contribution in [2.45, 2.75) is 6.42 Å². The second-order valence-electron chi connectivity index (χ2n) is 2.85. The fourth-order valence-electron chi connectivity index (χ4n) is 1.28. The number of benzene rings is 1. The molecule has 0 unspecified atom stereocenters. The summed E-state index contributed by atoms with van der Waals surface area (Å²) in [6, 6.07) is 3.94. The van der Waals surface area contributed by atoms with Gasteiger partial charge in [0.1, 0.15) is 0 Å². The zero-order chi connectivity index (χ0) is 10.6. The van der Waals surface area contributed by atoms with Crippen molar-refractivity contribution in [2.24, 2.45) is 5.73 Å². The number of methoxy groups -OCH3 is 2. The predicted octanol–water partition coefficient (Wildman–Crippen LogP) is 1.97. The SMILES string of the molecule is COc1cc(CCN)cc(Br)c1OC. The molecule has 3 nitrogen and oxygen atoms in total. The molecule has 2 N–H and O–H groups in total. The molecular weight excluding hydrogens is 246 g/mol. The lowest BCUT2D eigenvalue weighted by atomic mass is 10.1. The molecule has 0 heterocycles. The quantitative estimate of drug-likeness (QED) is 0.900. The molecule has 0 aromatic heterocycles. The molecule has 1 aromatic rings. The first-order valence-electron chi connectivity index (χ1n) is 4.33. The number of hydrogen-bond donors (Lipinski definition) is 1. The molecule has 1 rings (SSSR count). The Hall–Kier alpha value is -0.740. The summed E-state index contributed by atoms with van der Waals surface area (Å²) in [4.78, 5) is 0. The summed E-state index contributed by atoms with van der Waals surface area (Å²) in [6.45, 7) is 0.627. The fraction of sp³-hybridized carbons (Fsp3) is 0.400. The number of hydrogen-bond acceptors (Lipinski definition) is 3. The average Bonchev–Trinajstić information content (AvgIpc) is 2.17. The molecule has 0 aliphatic rings. The highest BCUT2D eigenvalue weighted by Gasteiger charge is 2.09. The number of rotatable bonds is 4. The molecule has 78 valence electrons. The van der Waals surface area contributed by atoms with Crippen LogP contribution in [0.25, 0.3) is 0 Å². The Bertz CT molecular complexity index is 315. The largest absolute Gasteiger partial charge is 0.493 e. The highest BCUT2D eigenvalue weighted by atomic mass is 79.9. The van der Waals surface area contributed by atoms with Crippen molar-refractivity contribution < 1.29 is 9.47 Å². The molecule has 14 heavy (non-hydrogen) atoms. The molecule has 4 heteroatoms. The van der Waals surface area contributed by atoms with Crippen molar-refractivity contribution >= 4 is 15.9 Å². The maximum absolute atomic E-state index is 5.49. The summed E-state index contributed by atoms with van der Waals surface area (Å²) in [7, 11) is 3.24. The third-order valence-corrected chi connectivity index (χ3v) is 2.52. The number of ether oxygens (including phenoxy) is 2. The third kappa shape index (κ3) is 2.39. The Morgan fingerprint density at radius 1 is 1.29 bits per heavy atom. The second-order valence-corrected chi connectivity index (χ2v) is 3.71. The topological polar surface area (TPSA) is 44.5 Å². The van der Waals surface area contributed by atoms with Gasteiger partial charge in [-0.2, -0.15) is 0 Å². The van der Waals surface area contributed by atoms with E-state index in [2.05, 4.69) is 15.9 Å². The number of nitrogens with two attached hydrogens (primary N) is 1. The van der Waals surface area contributed by atoms with Crippen LogP contribution >= 0.6 is 15.9 Å². The van der Waals surface area contributed by atoms with Crippen LogP contribution in [-0.4, -0.2) is 20.8 Å². The monoisotopic (exact) mass is 259 g/mol. The van der Waals surface area contributed by atoms with Crippen molar-refractivity contribution in [3.63, 3.8) is 0 Å². The fourth-order valence-corrected chi connectivity index (χ4v) is 1.93. The van der Waals surface area contributed by atoms with E-state index in [1.54, 1.807) is 14.2 Å². The summed E-state index contributed by atoms with van der Waals surface area (Å²) >= 11 is 3.42. The van der Waals surface area contributed by atoms with Gasteiger partial charge in [0.05, 0.1) is 18.7 Å². The molecule has 0 atom stereocenters. The Labute approximate surface area is 92.3 Å². The van der Waals surface area contributed by atoms with Crippen molar-refractivity contribution in [2.75, 3.05) is 20.8 Å². The highest BCUT2D eigenvalue weighted by molar-refractivity contribution is 9.10. The molecule has 1 aromatic carbocycles. The lowest BCUT2D eigenvalue weighted by Crippen LogP contribution is -2.03. The van der Waals surface area contributed by atoms with Crippen LogP contribution in [-0.2, 0) is 6.42 Å². The molecule has 0 bridgehead atoms. The van der Waals surface area contributed by atoms with Crippen LogP contribution in [0.15, 0.2) is 16.6 Å². The predicted molar refractivity (Wildman–Crippen MR) is 60.0 cm³/mol. The van der Waals surface area contributed by atoms with Crippen LogP contribution < -0.4 is 15.2 Å². The molecule has 0 fully saturated rings. The first kappa shape index (κ1) is 11.3. The standard InChI is InChI=1S/C10H14BrNO2/c1-13-9-6-7(3-4-12)5-8(11)10(9)14-2/h5-6H,3-4,12H2,1-2H3.